The number of carbonyl (C=O) groups is 2. The molecule has 2 aliphatic heterocycles. The number of piperazine rings is 1. The van der Waals surface area contributed by atoms with E-state index in [9.17, 15) is 9.59 Å². The molecule has 0 bridgehead atoms. The first-order valence-corrected chi connectivity index (χ1v) is 14.6. The van der Waals surface area contributed by atoms with Crippen LogP contribution >= 0.6 is 0 Å². The zero-order chi connectivity index (χ0) is 29.8. The number of amides is 1. The summed E-state index contributed by atoms with van der Waals surface area (Å²) in [4.78, 5) is 32.6. The fourth-order valence-corrected chi connectivity index (χ4v) is 5.53. The summed E-state index contributed by atoms with van der Waals surface area (Å²) in [6.07, 6.45) is 0. The number of hydrogen-bond acceptors (Lipinski definition) is 8. The molecule has 4 aromatic rings. The van der Waals surface area contributed by atoms with Crippen molar-refractivity contribution >= 4 is 23.2 Å². The molecule has 1 atom stereocenters. The molecule has 1 amide bonds. The number of Topliss-reactive ketones (excluding diaryl/α,β-unsaturated/α-hetero) is 1. The lowest BCUT2D eigenvalue weighted by atomic mass is 10.1. The van der Waals surface area contributed by atoms with Crippen molar-refractivity contribution in [3.05, 3.63) is 95.7 Å². The highest BCUT2D eigenvalue weighted by atomic mass is 16.5. The number of likely N-dealkylation sites (N-methyl/N-ethyl adjacent to an activating group) is 1. The lowest BCUT2D eigenvalue weighted by Gasteiger charge is -2.32. The number of anilines is 2. The van der Waals surface area contributed by atoms with Gasteiger partial charge < -0.3 is 24.6 Å². The van der Waals surface area contributed by atoms with Crippen molar-refractivity contribution in [1.82, 2.24) is 20.0 Å². The Bertz CT molecular complexity index is 1550. The minimum Gasteiger partial charge on any atom is -0.492 e. The Morgan fingerprint density at radius 3 is 2.28 bits per heavy atom. The molecular weight excluding hydrogens is 544 g/mol. The number of hydrogen-bond donors (Lipinski definition) is 2. The summed E-state index contributed by atoms with van der Waals surface area (Å²) >= 11 is 0. The van der Waals surface area contributed by atoms with Crippen LogP contribution in [0.5, 0.6) is 17.2 Å². The van der Waals surface area contributed by atoms with Crippen LogP contribution < -0.4 is 19.7 Å². The van der Waals surface area contributed by atoms with Gasteiger partial charge in [-0.3, -0.25) is 19.6 Å². The SMILES string of the molecule is CC(=O)C1c2[nH]nc(NC(=O)c3ccc(Oc4ccccc4)cc3)c2CN1c1ccc(OCCN2CCN(C)CC2)cc1. The Morgan fingerprint density at radius 2 is 1.58 bits per heavy atom. The molecule has 222 valence electrons. The second-order valence-electron chi connectivity index (χ2n) is 11.0. The van der Waals surface area contributed by atoms with Gasteiger partial charge in [-0.05, 0) is 74.6 Å². The van der Waals surface area contributed by atoms with Gasteiger partial charge in [-0.25, -0.2) is 0 Å². The maximum absolute atomic E-state index is 13.1. The molecule has 3 aromatic carbocycles. The summed E-state index contributed by atoms with van der Waals surface area (Å²) in [5.74, 6) is 2.26. The van der Waals surface area contributed by atoms with Crippen LogP contribution in [0.25, 0.3) is 0 Å². The monoisotopic (exact) mass is 580 g/mol. The number of H-pyrrole nitrogens is 1. The molecule has 0 radical (unpaired) electrons. The average molecular weight is 581 g/mol. The zero-order valence-corrected chi connectivity index (χ0v) is 24.5. The van der Waals surface area contributed by atoms with Gasteiger partial charge in [0.2, 0.25) is 0 Å². The van der Waals surface area contributed by atoms with E-state index in [1.807, 2.05) is 59.5 Å². The van der Waals surface area contributed by atoms with Crippen LogP contribution in [0.4, 0.5) is 11.5 Å². The van der Waals surface area contributed by atoms with E-state index in [4.69, 9.17) is 9.47 Å². The van der Waals surface area contributed by atoms with E-state index < -0.39 is 6.04 Å². The van der Waals surface area contributed by atoms with Gasteiger partial charge in [-0.15, -0.1) is 0 Å². The van der Waals surface area contributed by atoms with Crippen molar-refractivity contribution in [3.8, 4) is 17.2 Å². The first-order chi connectivity index (χ1) is 20.9. The van der Waals surface area contributed by atoms with Crippen LogP contribution in [0.3, 0.4) is 0 Å². The zero-order valence-electron chi connectivity index (χ0n) is 24.5. The van der Waals surface area contributed by atoms with Crippen molar-refractivity contribution < 1.29 is 19.1 Å². The Balaban J connectivity index is 1.08. The molecule has 0 aliphatic carbocycles. The lowest BCUT2D eigenvalue weighted by molar-refractivity contribution is -0.118. The van der Waals surface area contributed by atoms with E-state index in [0.29, 0.717) is 36.0 Å². The summed E-state index contributed by atoms with van der Waals surface area (Å²) < 4.78 is 11.8. The molecule has 1 saturated heterocycles. The first-order valence-electron chi connectivity index (χ1n) is 14.6. The number of benzene rings is 3. The van der Waals surface area contributed by atoms with Crippen molar-refractivity contribution in [1.29, 1.82) is 0 Å². The fraction of sp³-hybridized carbons (Fsp3) is 0.303. The number of ketones is 1. The molecule has 6 rings (SSSR count). The quantitative estimate of drug-likeness (QED) is 0.278. The van der Waals surface area contributed by atoms with Crippen LogP contribution in [-0.2, 0) is 11.3 Å². The largest absolute Gasteiger partial charge is 0.492 e. The molecule has 0 saturated carbocycles. The molecule has 43 heavy (non-hydrogen) atoms. The minimum absolute atomic E-state index is 0.0122. The summed E-state index contributed by atoms with van der Waals surface area (Å²) in [5.41, 5.74) is 2.85. The molecule has 2 aliphatic rings. The number of ether oxygens (including phenoxy) is 2. The predicted molar refractivity (Wildman–Crippen MR) is 165 cm³/mol. The van der Waals surface area contributed by atoms with Gasteiger partial charge in [0.05, 0.1) is 5.69 Å². The standard InChI is InChI=1S/C33H36N6O4/c1-23(40)31-30-29(22-39(31)25-10-14-26(15-11-25)42-21-20-38-18-16-37(2)17-19-38)32(36-35-30)34-33(41)24-8-12-28(13-9-24)43-27-6-4-3-5-7-27/h3-15,31H,16-22H2,1-2H3,(H2,34,35,36,41). The van der Waals surface area contributed by atoms with Crippen LogP contribution in [-0.4, -0.2) is 78.1 Å². The van der Waals surface area contributed by atoms with Crippen LogP contribution in [0.1, 0.15) is 34.6 Å². The predicted octanol–water partition coefficient (Wildman–Crippen LogP) is 4.73. The number of fused-ring (bicyclic) bond motifs is 1. The number of nitrogens with one attached hydrogen (secondary N) is 2. The van der Waals surface area contributed by atoms with Crippen LogP contribution in [0.15, 0.2) is 78.9 Å². The molecule has 3 heterocycles. The smallest absolute Gasteiger partial charge is 0.256 e. The molecule has 2 N–H and O–H groups in total. The molecular formula is C33H36N6O4. The Hall–Kier alpha value is -4.67. The van der Waals surface area contributed by atoms with Gasteiger partial charge in [0, 0.05) is 56.1 Å². The summed E-state index contributed by atoms with van der Waals surface area (Å²) in [7, 11) is 2.15. The normalized spacial score (nSPS) is 17.0. The molecule has 1 fully saturated rings. The molecule has 0 spiro atoms. The third kappa shape index (κ3) is 6.55. The van der Waals surface area contributed by atoms with Gasteiger partial charge >= 0.3 is 0 Å². The Kier molecular flexibility index (Phi) is 8.39. The van der Waals surface area contributed by atoms with E-state index >= 15 is 0 Å². The topological polar surface area (TPSA) is 103 Å². The summed E-state index contributed by atoms with van der Waals surface area (Å²) in [6, 6.07) is 23.7. The van der Waals surface area contributed by atoms with Crippen LogP contribution in [0.2, 0.25) is 0 Å². The minimum atomic E-state index is -0.522. The Labute approximate surface area is 251 Å². The second kappa shape index (κ2) is 12.7. The van der Waals surface area contributed by atoms with Gasteiger partial charge in [0.15, 0.2) is 11.6 Å². The number of para-hydroxylation sites is 1. The van der Waals surface area contributed by atoms with Crippen molar-refractivity contribution in [3.63, 3.8) is 0 Å². The maximum atomic E-state index is 13.1. The third-order valence-corrected chi connectivity index (χ3v) is 7.97. The number of nitrogens with zero attached hydrogens (tertiary/aromatic N) is 4. The third-order valence-electron chi connectivity index (χ3n) is 7.97. The maximum Gasteiger partial charge on any atom is 0.256 e. The number of aromatic amines is 1. The highest BCUT2D eigenvalue weighted by molar-refractivity contribution is 6.04. The molecule has 1 aromatic heterocycles. The van der Waals surface area contributed by atoms with E-state index in [1.54, 1.807) is 31.2 Å². The van der Waals surface area contributed by atoms with E-state index in [-0.39, 0.29) is 11.7 Å². The Morgan fingerprint density at radius 1 is 0.907 bits per heavy atom. The molecule has 10 nitrogen and oxygen atoms in total. The number of aromatic nitrogens is 2. The van der Waals surface area contributed by atoms with Gasteiger partial charge in [0.25, 0.3) is 5.91 Å². The highest BCUT2D eigenvalue weighted by Gasteiger charge is 2.38. The summed E-state index contributed by atoms with van der Waals surface area (Å²) in [6.45, 7) is 7.83. The van der Waals surface area contributed by atoms with E-state index in [0.717, 1.165) is 55.5 Å². The average Bonchev–Trinajstić information content (AvgIpc) is 3.59. The van der Waals surface area contributed by atoms with Crippen LogP contribution in [0, 0.1) is 0 Å². The van der Waals surface area contributed by atoms with Crippen molar-refractivity contribution in [2.75, 3.05) is 56.6 Å². The fourth-order valence-electron chi connectivity index (χ4n) is 5.53. The highest BCUT2D eigenvalue weighted by Crippen LogP contribution is 2.40. The number of rotatable bonds is 10. The van der Waals surface area contributed by atoms with E-state index in [2.05, 4.69) is 32.4 Å². The number of carbonyl (C=O) groups excluding carboxylic acids is 2. The second-order valence-corrected chi connectivity index (χ2v) is 11.0. The lowest BCUT2D eigenvalue weighted by Crippen LogP contribution is -2.45. The van der Waals surface area contributed by atoms with Gasteiger partial charge in [-0.2, -0.15) is 5.10 Å². The molecule has 1 unspecified atom stereocenters. The molecule has 10 heteroatoms. The van der Waals surface area contributed by atoms with E-state index in [1.165, 1.54) is 0 Å². The van der Waals surface area contributed by atoms with Gasteiger partial charge in [0.1, 0.15) is 29.9 Å². The van der Waals surface area contributed by atoms with Crippen molar-refractivity contribution in [2.45, 2.75) is 19.5 Å². The first kappa shape index (κ1) is 28.4. The van der Waals surface area contributed by atoms with Gasteiger partial charge in [-0.1, -0.05) is 18.2 Å². The van der Waals surface area contributed by atoms with Crippen molar-refractivity contribution in [2.24, 2.45) is 0 Å². The summed E-state index contributed by atoms with van der Waals surface area (Å²) in [5, 5.41) is 10.3.